The van der Waals surface area contributed by atoms with Crippen LogP contribution in [0, 0.1) is 5.41 Å². The van der Waals surface area contributed by atoms with Gasteiger partial charge in [0.15, 0.2) is 5.96 Å². The first-order valence-electron chi connectivity index (χ1n) is 7.51. The third kappa shape index (κ3) is 8.29. The number of hydrogen-bond acceptors (Lipinski definition) is 2. The van der Waals surface area contributed by atoms with Crippen LogP contribution in [-0.2, 0) is 4.74 Å². The standard InChI is InChI=1S/C15H31N3O.HI/c1-6-16-13(17-10-9-14(2,3)4)18-12-15(5)8-7-11-19-15;/h6-12H2,1-5H3,(H2,16,17,18);1H. The van der Waals surface area contributed by atoms with Crippen molar-refractivity contribution in [2.24, 2.45) is 10.4 Å². The summed E-state index contributed by atoms with van der Waals surface area (Å²) in [6.45, 7) is 14.5. The van der Waals surface area contributed by atoms with Crippen molar-refractivity contribution in [3.8, 4) is 0 Å². The predicted octanol–water partition coefficient (Wildman–Crippen LogP) is 3.16. The zero-order valence-electron chi connectivity index (χ0n) is 13.7. The van der Waals surface area contributed by atoms with E-state index in [1.165, 1.54) is 0 Å². The Morgan fingerprint density at radius 2 is 2.00 bits per heavy atom. The molecule has 5 heteroatoms. The van der Waals surface area contributed by atoms with E-state index in [0.29, 0.717) is 5.41 Å². The van der Waals surface area contributed by atoms with E-state index < -0.39 is 0 Å². The van der Waals surface area contributed by atoms with Gasteiger partial charge in [-0.25, -0.2) is 0 Å². The quantitative estimate of drug-likeness (QED) is 0.426. The van der Waals surface area contributed by atoms with Gasteiger partial charge in [-0.15, -0.1) is 24.0 Å². The average molecular weight is 397 g/mol. The van der Waals surface area contributed by atoms with Crippen LogP contribution < -0.4 is 10.6 Å². The molecular formula is C15H32IN3O. The van der Waals surface area contributed by atoms with Crippen molar-refractivity contribution in [1.29, 1.82) is 0 Å². The van der Waals surface area contributed by atoms with Crippen LogP contribution in [0.25, 0.3) is 0 Å². The fourth-order valence-electron chi connectivity index (χ4n) is 2.11. The van der Waals surface area contributed by atoms with Crippen molar-refractivity contribution in [3.63, 3.8) is 0 Å². The van der Waals surface area contributed by atoms with Gasteiger partial charge in [-0.3, -0.25) is 4.99 Å². The topological polar surface area (TPSA) is 45.7 Å². The third-order valence-electron chi connectivity index (χ3n) is 3.38. The lowest BCUT2D eigenvalue weighted by molar-refractivity contribution is 0.0283. The van der Waals surface area contributed by atoms with Crippen molar-refractivity contribution in [2.75, 3.05) is 26.2 Å². The first kappa shape index (κ1) is 20.0. The molecule has 0 bridgehead atoms. The average Bonchev–Trinajstić information content (AvgIpc) is 2.72. The molecular weight excluding hydrogens is 365 g/mol. The van der Waals surface area contributed by atoms with Crippen molar-refractivity contribution in [2.45, 2.75) is 59.5 Å². The molecule has 1 unspecified atom stereocenters. The molecule has 1 rings (SSSR count). The fourth-order valence-corrected chi connectivity index (χ4v) is 2.11. The maximum atomic E-state index is 5.77. The molecule has 0 spiro atoms. The lowest BCUT2D eigenvalue weighted by Gasteiger charge is -2.22. The van der Waals surface area contributed by atoms with E-state index in [1.807, 2.05) is 0 Å². The molecule has 0 radical (unpaired) electrons. The fraction of sp³-hybridized carbons (Fsp3) is 0.933. The number of guanidine groups is 1. The molecule has 1 heterocycles. The Bertz CT molecular complexity index is 294. The molecule has 1 fully saturated rings. The van der Waals surface area contributed by atoms with E-state index in [-0.39, 0.29) is 29.6 Å². The molecule has 1 atom stereocenters. The van der Waals surface area contributed by atoms with Gasteiger partial charge in [-0.1, -0.05) is 20.8 Å². The van der Waals surface area contributed by atoms with Crippen LogP contribution in [0.5, 0.6) is 0 Å². The Kier molecular flexibility index (Phi) is 9.06. The summed E-state index contributed by atoms with van der Waals surface area (Å²) in [5.41, 5.74) is 0.289. The highest BCUT2D eigenvalue weighted by Crippen LogP contribution is 2.25. The van der Waals surface area contributed by atoms with E-state index in [0.717, 1.165) is 51.5 Å². The first-order chi connectivity index (χ1) is 8.85. The molecule has 4 nitrogen and oxygen atoms in total. The predicted molar refractivity (Wildman–Crippen MR) is 97.1 cm³/mol. The Morgan fingerprint density at radius 1 is 1.30 bits per heavy atom. The van der Waals surface area contributed by atoms with Crippen LogP contribution in [0.4, 0.5) is 0 Å². The molecule has 2 N–H and O–H groups in total. The Hall–Kier alpha value is -0.0400. The van der Waals surface area contributed by atoms with Gasteiger partial charge in [0.25, 0.3) is 0 Å². The lowest BCUT2D eigenvalue weighted by atomic mass is 9.92. The van der Waals surface area contributed by atoms with E-state index in [1.54, 1.807) is 0 Å². The summed E-state index contributed by atoms with van der Waals surface area (Å²) in [6, 6.07) is 0. The van der Waals surface area contributed by atoms with Gasteiger partial charge < -0.3 is 15.4 Å². The van der Waals surface area contributed by atoms with Crippen LogP contribution in [-0.4, -0.2) is 37.8 Å². The maximum Gasteiger partial charge on any atom is 0.191 e. The van der Waals surface area contributed by atoms with Gasteiger partial charge in [0.2, 0.25) is 0 Å². The van der Waals surface area contributed by atoms with Crippen molar-refractivity contribution < 1.29 is 4.74 Å². The maximum absolute atomic E-state index is 5.77. The van der Waals surface area contributed by atoms with Crippen LogP contribution in [0.3, 0.4) is 0 Å². The number of aliphatic imine (C=N–C) groups is 1. The second-order valence-corrected chi connectivity index (χ2v) is 6.83. The molecule has 0 aromatic rings. The summed E-state index contributed by atoms with van der Waals surface area (Å²) in [5.74, 6) is 0.906. The molecule has 0 aromatic carbocycles. The SMILES string of the molecule is CCNC(=NCC1(C)CCCO1)NCCC(C)(C)C.I. The van der Waals surface area contributed by atoms with Gasteiger partial charge in [0.05, 0.1) is 12.1 Å². The number of ether oxygens (including phenoxy) is 1. The summed E-state index contributed by atoms with van der Waals surface area (Å²) in [6.07, 6.45) is 3.39. The van der Waals surface area contributed by atoms with E-state index in [9.17, 15) is 0 Å². The molecule has 0 amide bonds. The number of rotatable bonds is 5. The van der Waals surface area contributed by atoms with E-state index >= 15 is 0 Å². The van der Waals surface area contributed by atoms with Crippen LogP contribution >= 0.6 is 24.0 Å². The number of nitrogens with zero attached hydrogens (tertiary/aromatic N) is 1. The second kappa shape index (κ2) is 9.07. The highest BCUT2D eigenvalue weighted by molar-refractivity contribution is 14.0. The number of halogens is 1. The van der Waals surface area contributed by atoms with Crippen molar-refractivity contribution >= 4 is 29.9 Å². The normalized spacial score (nSPS) is 23.4. The summed E-state index contributed by atoms with van der Waals surface area (Å²) >= 11 is 0. The Balaban J connectivity index is 0.00000361. The van der Waals surface area contributed by atoms with Gasteiger partial charge in [-0.05, 0) is 38.5 Å². The minimum absolute atomic E-state index is 0. The monoisotopic (exact) mass is 397 g/mol. The molecule has 1 saturated heterocycles. The zero-order chi connectivity index (χ0) is 14.4. The van der Waals surface area contributed by atoms with Gasteiger partial charge in [0, 0.05) is 19.7 Å². The van der Waals surface area contributed by atoms with Gasteiger partial charge >= 0.3 is 0 Å². The lowest BCUT2D eigenvalue weighted by Crippen LogP contribution is -2.40. The van der Waals surface area contributed by atoms with Gasteiger partial charge in [-0.2, -0.15) is 0 Å². The van der Waals surface area contributed by atoms with Crippen LogP contribution in [0.15, 0.2) is 4.99 Å². The Morgan fingerprint density at radius 3 is 2.50 bits per heavy atom. The Labute approximate surface area is 141 Å². The highest BCUT2D eigenvalue weighted by atomic mass is 127. The summed E-state index contributed by atoms with van der Waals surface area (Å²) in [4.78, 5) is 4.66. The number of hydrogen-bond donors (Lipinski definition) is 2. The second-order valence-electron chi connectivity index (χ2n) is 6.83. The van der Waals surface area contributed by atoms with Crippen LogP contribution in [0.1, 0.15) is 53.9 Å². The molecule has 20 heavy (non-hydrogen) atoms. The third-order valence-corrected chi connectivity index (χ3v) is 3.38. The molecule has 1 aliphatic rings. The minimum Gasteiger partial charge on any atom is -0.373 e. The summed E-state index contributed by atoms with van der Waals surface area (Å²) in [5, 5.41) is 6.70. The molecule has 120 valence electrons. The smallest absolute Gasteiger partial charge is 0.191 e. The number of nitrogens with one attached hydrogen (secondary N) is 2. The molecule has 0 saturated carbocycles. The van der Waals surface area contributed by atoms with E-state index in [2.05, 4.69) is 50.2 Å². The van der Waals surface area contributed by atoms with E-state index in [4.69, 9.17) is 4.74 Å². The van der Waals surface area contributed by atoms with Crippen molar-refractivity contribution in [1.82, 2.24) is 10.6 Å². The largest absolute Gasteiger partial charge is 0.373 e. The molecule has 0 aliphatic carbocycles. The van der Waals surface area contributed by atoms with Crippen LogP contribution in [0.2, 0.25) is 0 Å². The van der Waals surface area contributed by atoms with Crippen molar-refractivity contribution in [3.05, 3.63) is 0 Å². The molecule has 0 aromatic heterocycles. The summed E-state index contributed by atoms with van der Waals surface area (Å²) < 4.78 is 5.77. The minimum atomic E-state index is -0.0631. The first-order valence-corrected chi connectivity index (χ1v) is 7.51. The molecule has 1 aliphatic heterocycles. The van der Waals surface area contributed by atoms with Gasteiger partial charge in [0.1, 0.15) is 0 Å². The summed E-state index contributed by atoms with van der Waals surface area (Å²) in [7, 11) is 0. The highest BCUT2D eigenvalue weighted by Gasteiger charge is 2.29. The zero-order valence-corrected chi connectivity index (χ0v) is 16.0.